The molecule has 0 spiro atoms. The van der Waals surface area contributed by atoms with E-state index in [-0.39, 0.29) is 18.5 Å². The third kappa shape index (κ3) is 2.34. The van der Waals surface area contributed by atoms with Crippen molar-refractivity contribution in [3.63, 3.8) is 0 Å². The van der Waals surface area contributed by atoms with E-state index in [4.69, 9.17) is 9.15 Å². The highest BCUT2D eigenvalue weighted by molar-refractivity contribution is 5.65. The van der Waals surface area contributed by atoms with Crippen molar-refractivity contribution >= 4 is 5.97 Å². The summed E-state index contributed by atoms with van der Waals surface area (Å²) in [6.45, 7) is 3.48. The molecule has 1 rings (SSSR count). The summed E-state index contributed by atoms with van der Waals surface area (Å²) in [5.74, 6) is 0.133. The van der Waals surface area contributed by atoms with E-state index >= 15 is 0 Å². The van der Waals surface area contributed by atoms with E-state index in [1.165, 1.54) is 13.3 Å². The van der Waals surface area contributed by atoms with Crippen LogP contribution in [0.2, 0.25) is 0 Å². The molecule has 0 aliphatic heterocycles. The summed E-state index contributed by atoms with van der Waals surface area (Å²) in [6, 6.07) is 0. The lowest BCUT2D eigenvalue weighted by molar-refractivity contribution is -0.141. The fourth-order valence-corrected chi connectivity index (χ4v) is 0.710. The summed E-state index contributed by atoms with van der Waals surface area (Å²) < 4.78 is 9.67. The van der Waals surface area contributed by atoms with Crippen LogP contribution in [0.15, 0.2) is 10.8 Å². The molecule has 5 heteroatoms. The summed E-state index contributed by atoms with van der Waals surface area (Å²) in [4.78, 5) is 10.4. The summed E-state index contributed by atoms with van der Waals surface area (Å²) >= 11 is 0. The molecule has 0 saturated carbocycles. The van der Waals surface area contributed by atoms with Crippen LogP contribution in [-0.2, 0) is 9.53 Å². The Hall–Kier alpha value is -1.39. The fraction of sp³-hybridized carbons (Fsp3) is 0.571. The molecule has 0 fully saturated rings. The molecule has 66 valence electrons. The lowest BCUT2D eigenvalue weighted by atomic mass is 10.2. The summed E-state index contributed by atoms with van der Waals surface area (Å²) in [5, 5.41) is 7.20. The van der Waals surface area contributed by atoms with Crippen molar-refractivity contribution < 1.29 is 13.9 Å². The highest BCUT2D eigenvalue weighted by Crippen LogP contribution is 2.10. The van der Waals surface area contributed by atoms with Crippen molar-refractivity contribution in [2.75, 3.05) is 6.61 Å². The average molecular weight is 170 g/mol. The minimum absolute atomic E-state index is 0.0450. The van der Waals surface area contributed by atoms with E-state index in [9.17, 15) is 4.79 Å². The van der Waals surface area contributed by atoms with E-state index in [0.29, 0.717) is 5.89 Å². The summed E-state index contributed by atoms with van der Waals surface area (Å²) in [6.07, 6.45) is 1.25. The van der Waals surface area contributed by atoms with E-state index in [2.05, 4.69) is 10.2 Å². The van der Waals surface area contributed by atoms with Crippen LogP contribution in [-0.4, -0.2) is 22.8 Å². The number of carbonyl (C=O) groups excluding carboxylic acids is 1. The van der Waals surface area contributed by atoms with Crippen molar-refractivity contribution in [1.29, 1.82) is 0 Å². The third-order valence-corrected chi connectivity index (χ3v) is 1.34. The second-order valence-corrected chi connectivity index (χ2v) is 2.48. The molecule has 1 atom stereocenters. The molecule has 12 heavy (non-hydrogen) atoms. The van der Waals surface area contributed by atoms with Gasteiger partial charge in [0.25, 0.3) is 0 Å². The molecule has 0 amide bonds. The normalized spacial score (nSPS) is 12.5. The minimum Gasteiger partial charge on any atom is -0.465 e. The van der Waals surface area contributed by atoms with Crippen LogP contribution in [0.3, 0.4) is 0 Å². The molecule has 0 radical (unpaired) electrons. The van der Waals surface area contributed by atoms with Crippen molar-refractivity contribution in [2.45, 2.75) is 19.8 Å². The Morgan fingerprint density at radius 3 is 3.08 bits per heavy atom. The van der Waals surface area contributed by atoms with Gasteiger partial charge in [0.15, 0.2) is 0 Å². The lowest BCUT2D eigenvalue weighted by Crippen LogP contribution is -2.08. The Kier molecular flexibility index (Phi) is 2.79. The van der Waals surface area contributed by atoms with Crippen LogP contribution in [0.25, 0.3) is 0 Å². The maximum absolute atomic E-state index is 10.4. The molecular formula is C7H10N2O3. The molecule has 0 aliphatic rings. The number of rotatable bonds is 3. The molecule has 1 aromatic rings. The average Bonchev–Trinajstić information content (AvgIpc) is 2.51. The van der Waals surface area contributed by atoms with Gasteiger partial charge in [0, 0.05) is 6.92 Å². The first-order valence-electron chi connectivity index (χ1n) is 3.59. The summed E-state index contributed by atoms with van der Waals surface area (Å²) in [7, 11) is 0. The minimum atomic E-state index is -0.304. The van der Waals surface area contributed by atoms with Gasteiger partial charge in [-0.3, -0.25) is 4.79 Å². The Morgan fingerprint density at radius 1 is 1.83 bits per heavy atom. The second-order valence-electron chi connectivity index (χ2n) is 2.48. The van der Waals surface area contributed by atoms with E-state index in [1.54, 1.807) is 0 Å². The van der Waals surface area contributed by atoms with Crippen LogP contribution >= 0.6 is 0 Å². The quantitative estimate of drug-likeness (QED) is 0.626. The van der Waals surface area contributed by atoms with Crippen LogP contribution < -0.4 is 0 Å². The summed E-state index contributed by atoms with van der Waals surface area (Å²) in [5.41, 5.74) is 0. The van der Waals surface area contributed by atoms with Gasteiger partial charge in [-0.15, -0.1) is 10.2 Å². The number of nitrogens with zero attached hydrogens (tertiary/aromatic N) is 2. The molecule has 1 unspecified atom stereocenters. The number of esters is 1. The molecule has 1 heterocycles. The van der Waals surface area contributed by atoms with Gasteiger partial charge < -0.3 is 9.15 Å². The zero-order chi connectivity index (χ0) is 8.97. The zero-order valence-corrected chi connectivity index (χ0v) is 6.98. The molecule has 0 aromatic carbocycles. The molecule has 1 aromatic heterocycles. The van der Waals surface area contributed by atoms with Gasteiger partial charge in [-0.2, -0.15) is 0 Å². The highest BCUT2D eigenvalue weighted by Gasteiger charge is 2.11. The van der Waals surface area contributed by atoms with Crippen LogP contribution in [0, 0.1) is 0 Å². The fourth-order valence-electron chi connectivity index (χ4n) is 0.710. The Labute approximate surface area is 69.7 Å². The van der Waals surface area contributed by atoms with Gasteiger partial charge in [0.1, 0.15) is 6.61 Å². The molecular weight excluding hydrogens is 160 g/mol. The Morgan fingerprint density at radius 2 is 2.58 bits per heavy atom. The molecule has 0 N–H and O–H groups in total. The first-order chi connectivity index (χ1) is 5.70. The van der Waals surface area contributed by atoms with Crippen molar-refractivity contribution in [3.8, 4) is 0 Å². The number of ether oxygens (including phenoxy) is 1. The predicted molar refractivity (Wildman–Crippen MR) is 39.3 cm³/mol. The predicted octanol–water partition coefficient (Wildman–Crippen LogP) is 0.736. The van der Waals surface area contributed by atoms with Crippen molar-refractivity contribution in [1.82, 2.24) is 10.2 Å². The molecule has 0 saturated heterocycles. The highest BCUT2D eigenvalue weighted by atomic mass is 16.5. The maximum Gasteiger partial charge on any atom is 0.302 e. The standard InChI is InChI=1S/C7H10N2O3/c1-5(3-11-6(2)10)7-9-8-4-12-7/h4-5H,3H2,1-2H3. The number of hydrogen-bond acceptors (Lipinski definition) is 5. The van der Waals surface area contributed by atoms with Gasteiger partial charge in [-0.1, -0.05) is 6.92 Å². The largest absolute Gasteiger partial charge is 0.465 e. The van der Waals surface area contributed by atoms with Crippen LogP contribution in [0.4, 0.5) is 0 Å². The van der Waals surface area contributed by atoms with E-state index < -0.39 is 0 Å². The van der Waals surface area contributed by atoms with Crippen molar-refractivity contribution in [2.24, 2.45) is 0 Å². The van der Waals surface area contributed by atoms with Gasteiger partial charge >= 0.3 is 5.97 Å². The second kappa shape index (κ2) is 3.85. The monoisotopic (exact) mass is 170 g/mol. The lowest BCUT2D eigenvalue weighted by Gasteiger charge is -2.05. The first kappa shape index (κ1) is 8.70. The Balaban J connectivity index is 2.39. The number of carbonyl (C=O) groups is 1. The van der Waals surface area contributed by atoms with Gasteiger partial charge in [0.05, 0.1) is 5.92 Å². The van der Waals surface area contributed by atoms with Crippen molar-refractivity contribution in [3.05, 3.63) is 12.3 Å². The third-order valence-electron chi connectivity index (χ3n) is 1.34. The topological polar surface area (TPSA) is 65.2 Å². The number of aromatic nitrogens is 2. The van der Waals surface area contributed by atoms with Crippen LogP contribution in [0.5, 0.6) is 0 Å². The molecule has 5 nitrogen and oxygen atoms in total. The SMILES string of the molecule is CC(=O)OCC(C)c1nnco1. The van der Waals surface area contributed by atoms with E-state index in [0.717, 1.165) is 0 Å². The first-order valence-corrected chi connectivity index (χ1v) is 3.59. The molecule has 0 aliphatic carbocycles. The van der Waals surface area contributed by atoms with Gasteiger partial charge in [-0.05, 0) is 0 Å². The maximum atomic E-state index is 10.4. The Bertz CT molecular complexity index is 245. The zero-order valence-electron chi connectivity index (χ0n) is 6.98. The van der Waals surface area contributed by atoms with Gasteiger partial charge in [-0.25, -0.2) is 0 Å². The number of hydrogen-bond donors (Lipinski definition) is 0. The van der Waals surface area contributed by atoms with Crippen LogP contribution in [0.1, 0.15) is 25.7 Å². The van der Waals surface area contributed by atoms with E-state index in [1.807, 2.05) is 6.92 Å². The molecule has 0 bridgehead atoms. The smallest absolute Gasteiger partial charge is 0.302 e. The van der Waals surface area contributed by atoms with Gasteiger partial charge in [0.2, 0.25) is 12.3 Å².